The van der Waals surface area contributed by atoms with Crippen LogP contribution in [0.4, 0.5) is 11.4 Å². The van der Waals surface area contributed by atoms with E-state index in [9.17, 15) is 0 Å². The van der Waals surface area contributed by atoms with Gasteiger partial charge in [0, 0.05) is 46.5 Å². The Hall–Kier alpha value is -2.05. The van der Waals surface area contributed by atoms with Gasteiger partial charge in [-0.25, -0.2) is 0 Å². The fourth-order valence-electron chi connectivity index (χ4n) is 6.25. The summed E-state index contributed by atoms with van der Waals surface area (Å²) in [5.41, 5.74) is 11.1. The number of nitrogens with zero attached hydrogens (tertiary/aromatic N) is 2. The van der Waals surface area contributed by atoms with Crippen LogP contribution in [0.25, 0.3) is 0 Å². The highest BCUT2D eigenvalue weighted by atomic mass is 127. The number of allylic oxidation sites excluding steroid dienone is 7. The molecule has 4 heteroatoms. The number of hydrogen-bond donors (Lipinski definition) is 0. The van der Waals surface area contributed by atoms with Gasteiger partial charge in [0.2, 0.25) is 5.69 Å². The Kier molecular flexibility index (Phi) is 7.51. The molecule has 3 aliphatic rings. The van der Waals surface area contributed by atoms with Crippen molar-refractivity contribution >= 4 is 28.8 Å². The van der Waals surface area contributed by atoms with Gasteiger partial charge in [-0.05, 0) is 61.8 Å². The van der Waals surface area contributed by atoms with Crippen molar-refractivity contribution in [2.75, 3.05) is 25.3 Å². The fraction of sp³-hybridized carbons (Fsp3) is 0.344. The largest absolute Gasteiger partial charge is 1.00 e. The number of thioether (sulfide) groups is 1. The summed E-state index contributed by atoms with van der Waals surface area (Å²) in [6.07, 6.45) is 13.9. The van der Waals surface area contributed by atoms with Crippen LogP contribution in [0.15, 0.2) is 94.6 Å². The number of likely N-dealkylation sites (N-methyl/N-ethyl adjacent to an activating group) is 1. The maximum atomic E-state index is 2.38. The zero-order valence-electron chi connectivity index (χ0n) is 22.5. The Balaban J connectivity index is 0.00000304. The summed E-state index contributed by atoms with van der Waals surface area (Å²) in [6, 6.07) is 17.6. The monoisotopic (exact) mass is 608 g/mol. The minimum absolute atomic E-state index is 0. The van der Waals surface area contributed by atoms with Crippen LogP contribution < -0.4 is 28.9 Å². The maximum Gasteiger partial charge on any atom is 0.209 e. The summed E-state index contributed by atoms with van der Waals surface area (Å²) in [7, 11) is 4.39. The summed E-state index contributed by atoms with van der Waals surface area (Å²) < 4.78 is 2.36. The van der Waals surface area contributed by atoms with Gasteiger partial charge in [-0.15, -0.1) is 11.8 Å². The molecule has 0 spiro atoms. The molecule has 0 saturated carbocycles. The molecule has 0 N–H and O–H groups in total. The lowest BCUT2D eigenvalue weighted by molar-refractivity contribution is -0.401. The predicted molar refractivity (Wildman–Crippen MR) is 153 cm³/mol. The first-order valence-electron chi connectivity index (χ1n) is 12.6. The second-order valence-corrected chi connectivity index (χ2v) is 11.7. The van der Waals surface area contributed by atoms with Gasteiger partial charge in [0.1, 0.15) is 7.05 Å². The standard InChI is InChI=1S/C32H37N2S.HI/c1-31(2)24-12-8-10-14-26(24)33(5)28(31)20-18-22-16-17-23(30(22)35-7)19-21-29-32(3,4)25-13-9-11-15-27(25)34(29)6;/h8-15,18-21H,16-17H2,1-7H3;1H/q+1;/p-1. The maximum absolute atomic E-state index is 2.38. The second kappa shape index (κ2) is 10.0. The van der Waals surface area contributed by atoms with Crippen LogP contribution in [0, 0.1) is 0 Å². The molecule has 2 nitrogen and oxygen atoms in total. The van der Waals surface area contributed by atoms with Crippen LogP contribution in [-0.4, -0.2) is 30.6 Å². The Morgan fingerprint density at radius 2 is 1.53 bits per heavy atom. The molecule has 0 saturated heterocycles. The number of halogens is 1. The normalized spacial score (nSPS) is 22.1. The lowest BCUT2D eigenvalue weighted by Crippen LogP contribution is -3.00. The Bertz CT molecular complexity index is 1350. The van der Waals surface area contributed by atoms with E-state index < -0.39 is 0 Å². The van der Waals surface area contributed by atoms with Gasteiger partial charge in [0.05, 0.1) is 5.41 Å². The van der Waals surface area contributed by atoms with E-state index in [0.717, 1.165) is 12.8 Å². The fourth-order valence-corrected chi connectivity index (χ4v) is 7.11. The van der Waals surface area contributed by atoms with Crippen LogP contribution in [0.2, 0.25) is 0 Å². The molecule has 2 aromatic rings. The van der Waals surface area contributed by atoms with Crippen molar-refractivity contribution in [2.45, 2.75) is 51.4 Å². The van der Waals surface area contributed by atoms with E-state index in [1.807, 2.05) is 11.8 Å². The molecular weight excluding hydrogens is 571 g/mol. The van der Waals surface area contributed by atoms with Crippen LogP contribution in [0.3, 0.4) is 0 Å². The molecule has 36 heavy (non-hydrogen) atoms. The highest BCUT2D eigenvalue weighted by Gasteiger charge is 2.42. The van der Waals surface area contributed by atoms with Crippen molar-refractivity contribution in [3.63, 3.8) is 0 Å². The lowest BCUT2D eigenvalue weighted by atomic mass is 9.81. The van der Waals surface area contributed by atoms with E-state index in [2.05, 4.69) is 130 Å². The van der Waals surface area contributed by atoms with Crippen molar-refractivity contribution in [3.05, 3.63) is 106 Å². The summed E-state index contributed by atoms with van der Waals surface area (Å²) >= 11 is 1.88. The third-order valence-corrected chi connectivity index (χ3v) is 9.15. The van der Waals surface area contributed by atoms with Crippen molar-refractivity contribution in [1.29, 1.82) is 0 Å². The molecule has 0 amide bonds. The topological polar surface area (TPSA) is 6.25 Å². The zero-order valence-corrected chi connectivity index (χ0v) is 25.5. The molecule has 0 atom stereocenters. The van der Waals surface area contributed by atoms with Gasteiger partial charge < -0.3 is 28.9 Å². The molecule has 5 rings (SSSR count). The Morgan fingerprint density at radius 1 is 0.861 bits per heavy atom. The summed E-state index contributed by atoms with van der Waals surface area (Å²) in [6.45, 7) is 9.34. The molecule has 0 fully saturated rings. The smallest absolute Gasteiger partial charge is 0.209 e. The van der Waals surface area contributed by atoms with E-state index in [-0.39, 0.29) is 34.8 Å². The van der Waals surface area contributed by atoms with E-state index in [4.69, 9.17) is 0 Å². The van der Waals surface area contributed by atoms with Crippen molar-refractivity contribution in [3.8, 4) is 0 Å². The van der Waals surface area contributed by atoms with E-state index in [0.29, 0.717) is 0 Å². The number of hydrogen-bond acceptors (Lipinski definition) is 2. The first-order chi connectivity index (χ1) is 16.7. The van der Waals surface area contributed by atoms with Crippen LogP contribution in [-0.2, 0) is 10.8 Å². The summed E-state index contributed by atoms with van der Waals surface area (Å²) in [5, 5.41) is 0. The Labute approximate surface area is 238 Å². The van der Waals surface area contributed by atoms with Crippen molar-refractivity contribution in [2.24, 2.45) is 0 Å². The SMILES string of the molecule is CSC1=C(/C=C/C2=[N+](C)c3ccccc3C2(C)C)CC/C1=C\C=C1\N(C)c2ccccc2C1(C)C.[I-]. The van der Waals surface area contributed by atoms with Crippen LogP contribution >= 0.6 is 11.8 Å². The molecular formula is C32H37IN2S. The number of benzene rings is 2. The summed E-state index contributed by atoms with van der Waals surface area (Å²) in [5.74, 6) is 0. The van der Waals surface area contributed by atoms with Crippen LogP contribution in [0.5, 0.6) is 0 Å². The van der Waals surface area contributed by atoms with Crippen molar-refractivity contribution < 1.29 is 28.6 Å². The first-order valence-corrected chi connectivity index (χ1v) is 13.8. The van der Waals surface area contributed by atoms with Gasteiger partial charge in [0.15, 0.2) is 5.71 Å². The number of anilines is 1. The lowest BCUT2D eigenvalue weighted by Gasteiger charge is -2.23. The molecule has 188 valence electrons. The Morgan fingerprint density at radius 3 is 2.19 bits per heavy atom. The van der Waals surface area contributed by atoms with Gasteiger partial charge in [-0.2, -0.15) is 4.58 Å². The number of para-hydroxylation sites is 2. The molecule has 2 heterocycles. The van der Waals surface area contributed by atoms with Gasteiger partial charge in [-0.1, -0.05) is 62.4 Å². The molecule has 2 aliphatic heterocycles. The molecule has 0 aromatic heterocycles. The average molecular weight is 609 g/mol. The quantitative estimate of drug-likeness (QED) is 0.360. The molecule has 0 radical (unpaired) electrons. The molecule has 0 bridgehead atoms. The van der Waals surface area contributed by atoms with Gasteiger partial charge >= 0.3 is 0 Å². The number of rotatable bonds is 4. The minimum atomic E-state index is 0. The summed E-state index contributed by atoms with van der Waals surface area (Å²) in [4.78, 5) is 3.79. The average Bonchev–Trinajstić information content (AvgIpc) is 3.39. The zero-order chi connectivity index (χ0) is 25.0. The van der Waals surface area contributed by atoms with Crippen LogP contribution in [0.1, 0.15) is 51.7 Å². The molecule has 0 unspecified atom stereocenters. The highest BCUT2D eigenvalue weighted by molar-refractivity contribution is 8.02. The predicted octanol–water partition coefficient (Wildman–Crippen LogP) is 4.90. The minimum Gasteiger partial charge on any atom is -1.00 e. The third-order valence-electron chi connectivity index (χ3n) is 8.22. The van der Waals surface area contributed by atoms with Crippen molar-refractivity contribution in [1.82, 2.24) is 0 Å². The van der Waals surface area contributed by atoms with Gasteiger partial charge in [0.25, 0.3) is 0 Å². The number of fused-ring (bicyclic) bond motifs is 2. The van der Waals surface area contributed by atoms with E-state index >= 15 is 0 Å². The second-order valence-electron chi connectivity index (χ2n) is 10.9. The van der Waals surface area contributed by atoms with Gasteiger partial charge in [-0.3, -0.25) is 0 Å². The van der Waals surface area contributed by atoms with E-state index in [1.54, 1.807) is 0 Å². The van der Waals surface area contributed by atoms with E-state index in [1.165, 1.54) is 50.0 Å². The highest BCUT2D eigenvalue weighted by Crippen LogP contribution is 2.47. The molecule has 2 aromatic carbocycles. The molecule has 1 aliphatic carbocycles. The first kappa shape index (κ1) is 27.0. The third kappa shape index (κ3) is 4.24.